The first kappa shape index (κ1) is 21.6. The minimum absolute atomic E-state index is 0.177. The van der Waals surface area contributed by atoms with Crippen LogP contribution in [-0.2, 0) is 10.0 Å². The van der Waals surface area contributed by atoms with Crippen molar-refractivity contribution in [3.05, 3.63) is 95.1 Å². The Morgan fingerprint density at radius 2 is 1.73 bits per heavy atom. The normalized spacial score (nSPS) is 21.1. The van der Waals surface area contributed by atoms with Gasteiger partial charge in [0.15, 0.2) is 0 Å². The highest BCUT2D eigenvalue weighted by Gasteiger charge is 2.38. The van der Waals surface area contributed by atoms with Crippen LogP contribution in [0.15, 0.2) is 77.7 Å². The molecule has 3 aromatic carbocycles. The van der Waals surface area contributed by atoms with Crippen molar-refractivity contribution < 1.29 is 13.2 Å². The summed E-state index contributed by atoms with van der Waals surface area (Å²) in [7, 11) is -2.25. The highest BCUT2D eigenvalue weighted by molar-refractivity contribution is 7.92. The monoisotopic (exact) mass is 460 g/mol. The number of methoxy groups -OCH3 is 1. The van der Waals surface area contributed by atoms with Crippen LogP contribution in [0.4, 0.5) is 11.4 Å². The van der Waals surface area contributed by atoms with Crippen molar-refractivity contribution in [2.24, 2.45) is 5.92 Å². The fourth-order valence-corrected chi connectivity index (χ4v) is 6.04. The second-order valence-corrected chi connectivity index (χ2v) is 10.6. The number of ether oxygens (including phenoxy) is 1. The molecule has 0 unspecified atom stereocenters. The maximum atomic E-state index is 13.3. The largest absolute Gasteiger partial charge is 0.495 e. The zero-order chi connectivity index (χ0) is 23.2. The van der Waals surface area contributed by atoms with Gasteiger partial charge in [0.05, 0.1) is 23.7 Å². The minimum Gasteiger partial charge on any atom is -0.495 e. The van der Waals surface area contributed by atoms with Crippen LogP contribution in [0.25, 0.3) is 0 Å². The van der Waals surface area contributed by atoms with Crippen molar-refractivity contribution >= 4 is 21.4 Å². The number of nitrogens with one attached hydrogen (secondary N) is 2. The SMILES string of the molecule is COc1ccc(C)cc1NS(=O)(=O)c1ccc2c(c1)[C@H]1C=CC[C@H]1[C@@H](c1ccc(C)cc1)N2. The Bertz CT molecular complexity index is 1330. The van der Waals surface area contributed by atoms with Crippen molar-refractivity contribution in [1.29, 1.82) is 0 Å². The van der Waals surface area contributed by atoms with Gasteiger partial charge < -0.3 is 10.1 Å². The maximum Gasteiger partial charge on any atom is 0.262 e. The summed E-state index contributed by atoms with van der Waals surface area (Å²) in [4.78, 5) is 0.249. The predicted molar refractivity (Wildman–Crippen MR) is 133 cm³/mol. The molecule has 0 radical (unpaired) electrons. The van der Waals surface area contributed by atoms with Crippen molar-refractivity contribution in [1.82, 2.24) is 0 Å². The molecular formula is C27H28N2O3S. The molecule has 0 fully saturated rings. The van der Waals surface area contributed by atoms with Crippen molar-refractivity contribution in [2.45, 2.75) is 37.1 Å². The molecule has 33 heavy (non-hydrogen) atoms. The molecule has 2 aliphatic rings. The summed E-state index contributed by atoms with van der Waals surface area (Å²) in [6.07, 6.45) is 5.40. The Morgan fingerprint density at radius 1 is 0.970 bits per heavy atom. The molecule has 0 bridgehead atoms. The molecule has 3 atom stereocenters. The second-order valence-electron chi connectivity index (χ2n) is 8.94. The average molecular weight is 461 g/mol. The third-order valence-electron chi connectivity index (χ3n) is 6.68. The maximum absolute atomic E-state index is 13.3. The molecule has 1 heterocycles. The van der Waals surface area contributed by atoms with E-state index in [0.29, 0.717) is 17.4 Å². The van der Waals surface area contributed by atoms with Gasteiger partial charge in [0.1, 0.15) is 5.75 Å². The number of sulfonamides is 1. The van der Waals surface area contributed by atoms with Crippen molar-refractivity contribution in [2.75, 3.05) is 17.1 Å². The van der Waals surface area contributed by atoms with Gasteiger partial charge in [-0.25, -0.2) is 8.42 Å². The summed E-state index contributed by atoms with van der Waals surface area (Å²) < 4.78 is 34.6. The van der Waals surface area contributed by atoms with E-state index in [2.05, 4.69) is 53.4 Å². The van der Waals surface area contributed by atoms with Crippen LogP contribution in [0.1, 0.15) is 40.6 Å². The van der Waals surface area contributed by atoms with E-state index in [1.54, 1.807) is 18.2 Å². The summed E-state index contributed by atoms with van der Waals surface area (Å²) in [5.41, 5.74) is 5.89. The molecule has 1 aliphatic carbocycles. The first-order valence-electron chi connectivity index (χ1n) is 11.2. The Kier molecular flexibility index (Phi) is 5.41. The van der Waals surface area contributed by atoms with Crippen LogP contribution in [0.3, 0.4) is 0 Å². The molecule has 5 rings (SSSR count). The molecule has 3 aromatic rings. The van der Waals surface area contributed by atoms with Crippen molar-refractivity contribution in [3.63, 3.8) is 0 Å². The van der Waals surface area contributed by atoms with E-state index in [4.69, 9.17) is 4.74 Å². The highest BCUT2D eigenvalue weighted by atomic mass is 32.2. The number of hydrogen-bond acceptors (Lipinski definition) is 4. The zero-order valence-corrected chi connectivity index (χ0v) is 19.8. The van der Waals surface area contributed by atoms with Gasteiger partial charge >= 0.3 is 0 Å². The zero-order valence-electron chi connectivity index (χ0n) is 19.0. The Morgan fingerprint density at radius 3 is 2.48 bits per heavy atom. The van der Waals surface area contributed by atoms with Gasteiger partial charge in [-0.3, -0.25) is 4.72 Å². The van der Waals surface area contributed by atoms with Gasteiger partial charge in [-0.1, -0.05) is 48.0 Å². The predicted octanol–water partition coefficient (Wildman–Crippen LogP) is 5.94. The molecule has 0 saturated heterocycles. The number of aryl methyl sites for hydroxylation is 2. The quantitative estimate of drug-likeness (QED) is 0.463. The first-order chi connectivity index (χ1) is 15.9. The van der Waals surface area contributed by atoms with Crippen LogP contribution in [0.5, 0.6) is 5.75 Å². The molecule has 1 aliphatic heterocycles. The Balaban J connectivity index is 1.49. The summed E-state index contributed by atoms with van der Waals surface area (Å²) in [6.45, 7) is 4.01. The summed E-state index contributed by atoms with van der Waals surface area (Å²) in [5.74, 6) is 1.02. The highest BCUT2D eigenvalue weighted by Crippen LogP contribution is 2.50. The van der Waals surface area contributed by atoms with E-state index in [1.807, 2.05) is 25.1 Å². The molecule has 2 N–H and O–H groups in total. The van der Waals surface area contributed by atoms with Gasteiger partial charge in [0, 0.05) is 11.6 Å². The van der Waals surface area contributed by atoms with E-state index in [-0.39, 0.29) is 16.9 Å². The number of fused-ring (bicyclic) bond motifs is 3. The fourth-order valence-electron chi connectivity index (χ4n) is 4.95. The van der Waals surface area contributed by atoms with Gasteiger partial charge in [-0.15, -0.1) is 0 Å². The summed E-state index contributed by atoms with van der Waals surface area (Å²) in [6, 6.07) is 19.6. The third kappa shape index (κ3) is 4.00. The van der Waals surface area contributed by atoms with Crippen LogP contribution in [0, 0.1) is 19.8 Å². The molecule has 6 heteroatoms. The van der Waals surface area contributed by atoms with E-state index >= 15 is 0 Å². The molecule has 0 aromatic heterocycles. The van der Waals surface area contributed by atoms with Crippen molar-refractivity contribution in [3.8, 4) is 5.75 Å². The molecule has 0 amide bonds. The lowest BCUT2D eigenvalue weighted by Crippen LogP contribution is -2.29. The molecule has 170 valence electrons. The summed E-state index contributed by atoms with van der Waals surface area (Å²) >= 11 is 0. The Labute approximate surface area is 195 Å². The van der Waals surface area contributed by atoms with Gasteiger partial charge in [0.2, 0.25) is 0 Å². The van der Waals surface area contributed by atoms with Crippen LogP contribution in [-0.4, -0.2) is 15.5 Å². The van der Waals surface area contributed by atoms with E-state index in [1.165, 1.54) is 18.2 Å². The lowest BCUT2D eigenvalue weighted by molar-refractivity contribution is 0.417. The lowest BCUT2D eigenvalue weighted by atomic mass is 9.77. The minimum atomic E-state index is -3.78. The number of allylic oxidation sites excluding steroid dienone is 2. The topological polar surface area (TPSA) is 67.4 Å². The van der Waals surface area contributed by atoms with Gasteiger partial charge in [0.25, 0.3) is 10.0 Å². The number of anilines is 2. The standard InChI is InChI=1S/C27H28N2O3S/c1-17-7-10-19(11-8-17)27-22-6-4-5-21(22)23-16-20(12-13-24(23)28-27)33(30,31)29-25-15-18(2)9-14-26(25)32-3/h4-5,7-16,21-22,27-29H,6H2,1-3H3/t21-,22+,27+/m0/s1. The first-order valence-corrected chi connectivity index (χ1v) is 12.7. The number of benzene rings is 3. The average Bonchev–Trinajstić information content (AvgIpc) is 3.29. The molecular weight excluding hydrogens is 432 g/mol. The van der Waals surface area contributed by atoms with Gasteiger partial charge in [-0.05, 0) is 73.2 Å². The summed E-state index contributed by atoms with van der Waals surface area (Å²) in [5, 5.41) is 3.68. The molecule has 0 spiro atoms. The number of rotatable bonds is 5. The lowest BCUT2D eigenvalue weighted by Gasteiger charge is -2.37. The van der Waals surface area contributed by atoms with Crippen LogP contribution < -0.4 is 14.8 Å². The van der Waals surface area contributed by atoms with Gasteiger partial charge in [-0.2, -0.15) is 0 Å². The third-order valence-corrected chi connectivity index (χ3v) is 8.04. The smallest absolute Gasteiger partial charge is 0.262 e. The van der Waals surface area contributed by atoms with E-state index in [9.17, 15) is 8.42 Å². The number of hydrogen-bond donors (Lipinski definition) is 2. The van der Waals surface area contributed by atoms with Crippen LogP contribution >= 0.6 is 0 Å². The second kappa shape index (κ2) is 8.27. The van der Waals surface area contributed by atoms with E-state index in [0.717, 1.165) is 23.2 Å². The van der Waals surface area contributed by atoms with Crippen LogP contribution in [0.2, 0.25) is 0 Å². The Hall–Kier alpha value is -3.25. The molecule has 0 saturated carbocycles. The van der Waals surface area contributed by atoms with E-state index < -0.39 is 10.0 Å². The molecule has 5 nitrogen and oxygen atoms in total. The fraction of sp³-hybridized carbons (Fsp3) is 0.259.